The van der Waals surface area contributed by atoms with E-state index in [9.17, 15) is 9.59 Å². The Labute approximate surface area is 143 Å². The van der Waals surface area contributed by atoms with E-state index in [0.717, 1.165) is 0 Å². The zero-order chi connectivity index (χ0) is 17.3. The van der Waals surface area contributed by atoms with Crippen LogP contribution in [0.3, 0.4) is 0 Å². The standard InChI is InChI=1S/C16H14N2O5S/c1-3-4-18-15(20)10(14(19)17-16(18)24)5-9-6-11(21-2)13-12(7-9)22-8-23-13/h3,5-7H,1,4,8H2,2H3,(H,17,19,24)/b10-5+. The number of methoxy groups -OCH3 is 1. The van der Waals surface area contributed by atoms with Crippen LogP contribution in [-0.4, -0.2) is 42.3 Å². The lowest BCUT2D eigenvalue weighted by Gasteiger charge is -2.27. The van der Waals surface area contributed by atoms with Crippen LogP contribution in [0.1, 0.15) is 5.56 Å². The van der Waals surface area contributed by atoms with Gasteiger partial charge >= 0.3 is 0 Å². The second kappa shape index (κ2) is 6.32. The molecule has 1 fully saturated rings. The molecule has 124 valence electrons. The predicted molar refractivity (Wildman–Crippen MR) is 89.7 cm³/mol. The number of carbonyl (C=O) groups is 2. The quantitative estimate of drug-likeness (QED) is 0.383. The maximum atomic E-state index is 12.5. The Morgan fingerprint density at radius 3 is 2.92 bits per heavy atom. The highest BCUT2D eigenvalue weighted by molar-refractivity contribution is 7.80. The lowest BCUT2D eigenvalue weighted by molar-refractivity contribution is -0.128. The van der Waals surface area contributed by atoms with E-state index < -0.39 is 11.8 Å². The van der Waals surface area contributed by atoms with Gasteiger partial charge < -0.3 is 14.2 Å². The lowest BCUT2D eigenvalue weighted by Crippen LogP contribution is -2.53. The van der Waals surface area contributed by atoms with Crippen molar-refractivity contribution in [1.29, 1.82) is 0 Å². The van der Waals surface area contributed by atoms with Crippen molar-refractivity contribution in [3.8, 4) is 17.2 Å². The summed E-state index contributed by atoms with van der Waals surface area (Å²) in [6.07, 6.45) is 2.99. The molecule has 8 heteroatoms. The van der Waals surface area contributed by atoms with E-state index in [2.05, 4.69) is 11.9 Å². The molecule has 7 nitrogen and oxygen atoms in total. The zero-order valence-corrected chi connectivity index (χ0v) is 13.6. The molecule has 0 bridgehead atoms. The third kappa shape index (κ3) is 2.71. The van der Waals surface area contributed by atoms with Gasteiger partial charge in [0.05, 0.1) is 7.11 Å². The number of thiocarbonyl (C=S) groups is 1. The van der Waals surface area contributed by atoms with Crippen molar-refractivity contribution in [1.82, 2.24) is 10.2 Å². The molecule has 2 heterocycles. The Balaban J connectivity index is 2.01. The molecule has 1 aromatic rings. The van der Waals surface area contributed by atoms with Crippen LogP contribution in [0.4, 0.5) is 0 Å². The maximum Gasteiger partial charge on any atom is 0.265 e. The summed E-state index contributed by atoms with van der Waals surface area (Å²) in [4.78, 5) is 25.9. The average Bonchev–Trinajstić information content (AvgIpc) is 3.03. The Kier molecular flexibility index (Phi) is 4.22. The van der Waals surface area contributed by atoms with Gasteiger partial charge in [-0.25, -0.2) is 0 Å². The topological polar surface area (TPSA) is 77.1 Å². The van der Waals surface area contributed by atoms with Crippen molar-refractivity contribution >= 4 is 35.2 Å². The van der Waals surface area contributed by atoms with E-state index in [-0.39, 0.29) is 24.0 Å². The number of hydrogen-bond acceptors (Lipinski definition) is 6. The van der Waals surface area contributed by atoms with Gasteiger partial charge in [0, 0.05) is 6.54 Å². The fourth-order valence-electron chi connectivity index (χ4n) is 2.39. The summed E-state index contributed by atoms with van der Waals surface area (Å²) in [6, 6.07) is 3.33. The molecule has 2 aliphatic heterocycles. The molecule has 2 amide bonds. The van der Waals surface area contributed by atoms with Crippen LogP contribution in [0.2, 0.25) is 0 Å². The Morgan fingerprint density at radius 1 is 1.42 bits per heavy atom. The molecule has 24 heavy (non-hydrogen) atoms. The molecule has 0 atom stereocenters. The summed E-state index contributed by atoms with van der Waals surface area (Å²) >= 11 is 5.01. The van der Waals surface area contributed by atoms with Crippen molar-refractivity contribution in [3.05, 3.63) is 35.9 Å². The molecule has 0 unspecified atom stereocenters. The van der Waals surface area contributed by atoms with Gasteiger partial charge in [0.1, 0.15) is 5.57 Å². The SMILES string of the molecule is C=CCN1C(=O)/C(=C/c2cc(OC)c3c(c2)OCO3)C(=O)NC1=S. The minimum atomic E-state index is -0.554. The molecular weight excluding hydrogens is 332 g/mol. The van der Waals surface area contributed by atoms with Crippen LogP contribution in [0.15, 0.2) is 30.4 Å². The van der Waals surface area contributed by atoms with Gasteiger partial charge in [0.15, 0.2) is 16.6 Å². The Morgan fingerprint density at radius 2 is 2.21 bits per heavy atom. The average molecular weight is 346 g/mol. The molecule has 1 N–H and O–H groups in total. The second-order valence-electron chi connectivity index (χ2n) is 4.98. The number of carbonyl (C=O) groups excluding carboxylic acids is 2. The van der Waals surface area contributed by atoms with Crippen LogP contribution in [0, 0.1) is 0 Å². The van der Waals surface area contributed by atoms with Crippen molar-refractivity contribution in [2.75, 3.05) is 20.4 Å². The van der Waals surface area contributed by atoms with Gasteiger partial charge in [-0.15, -0.1) is 6.58 Å². The first-order valence-electron chi connectivity index (χ1n) is 7.02. The highest BCUT2D eigenvalue weighted by atomic mass is 32.1. The second-order valence-corrected chi connectivity index (χ2v) is 5.37. The lowest BCUT2D eigenvalue weighted by atomic mass is 10.1. The van der Waals surface area contributed by atoms with Crippen LogP contribution in [0.5, 0.6) is 17.2 Å². The highest BCUT2D eigenvalue weighted by Gasteiger charge is 2.32. The van der Waals surface area contributed by atoms with E-state index in [4.69, 9.17) is 26.4 Å². The summed E-state index contributed by atoms with van der Waals surface area (Å²) in [6.45, 7) is 3.88. The van der Waals surface area contributed by atoms with Crippen molar-refractivity contribution in [3.63, 3.8) is 0 Å². The maximum absolute atomic E-state index is 12.5. The first kappa shape index (κ1) is 16.0. The molecule has 1 saturated heterocycles. The fourth-order valence-corrected chi connectivity index (χ4v) is 2.64. The zero-order valence-electron chi connectivity index (χ0n) is 12.8. The van der Waals surface area contributed by atoms with E-state index in [0.29, 0.717) is 22.8 Å². The van der Waals surface area contributed by atoms with Gasteiger partial charge in [-0.3, -0.25) is 19.8 Å². The first-order valence-corrected chi connectivity index (χ1v) is 7.43. The predicted octanol–water partition coefficient (Wildman–Crippen LogP) is 1.24. The van der Waals surface area contributed by atoms with E-state index in [1.165, 1.54) is 24.2 Å². The number of rotatable bonds is 4. The largest absolute Gasteiger partial charge is 0.493 e. The number of fused-ring (bicyclic) bond motifs is 1. The Bertz CT molecular complexity index is 787. The van der Waals surface area contributed by atoms with Crippen LogP contribution in [-0.2, 0) is 9.59 Å². The number of ether oxygens (including phenoxy) is 3. The number of hydrogen-bond donors (Lipinski definition) is 1. The van der Waals surface area contributed by atoms with Gasteiger partial charge in [0.25, 0.3) is 11.8 Å². The monoisotopic (exact) mass is 346 g/mol. The third-order valence-electron chi connectivity index (χ3n) is 3.49. The summed E-state index contributed by atoms with van der Waals surface area (Å²) in [5.74, 6) is 0.401. The summed E-state index contributed by atoms with van der Waals surface area (Å²) in [5.41, 5.74) is 0.535. The minimum Gasteiger partial charge on any atom is -0.493 e. The molecule has 0 aromatic heterocycles. The number of amides is 2. The summed E-state index contributed by atoms with van der Waals surface area (Å²) in [7, 11) is 1.50. The van der Waals surface area contributed by atoms with Gasteiger partial charge in [-0.05, 0) is 36.0 Å². The minimum absolute atomic E-state index is 0.0358. The third-order valence-corrected chi connectivity index (χ3v) is 3.81. The normalized spacial score (nSPS) is 18.0. The van der Waals surface area contributed by atoms with Crippen LogP contribution < -0.4 is 19.5 Å². The van der Waals surface area contributed by atoms with Gasteiger partial charge in [-0.2, -0.15) is 0 Å². The van der Waals surface area contributed by atoms with Crippen LogP contribution in [0.25, 0.3) is 6.08 Å². The summed E-state index contributed by atoms with van der Waals surface area (Å²) < 4.78 is 15.9. The van der Waals surface area contributed by atoms with Crippen molar-refractivity contribution < 1.29 is 23.8 Å². The molecule has 0 spiro atoms. The van der Waals surface area contributed by atoms with Gasteiger partial charge in [-0.1, -0.05) is 6.08 Å². The van der Waals surface area contributed by atoms with Gasteiger partial charge in [0.2, 0.25) is 12.5 Å². The molecule has 1 aromatic carbocycles. The smallest absolute Gasteiger partial charge is 0.265 e. The van der Waals surface area contributed by atoms with E-state index in [1.54, 1.807) is 12.1 Å². The van der Waals surface area contributed by atoms with Crippen LogP contribution >= 0.6 is 12.2 Å². The molecule has 0 radical (unpaired) electrons. The Hall–Kier alpha value is -2.87. The number of nitrogens with zero attached hydrogens (tertiary/aromatic N) is 1. The number of benzene rings is 1. The molecular formula is C16H14N2O5S. The molecule has 0 saturated carbocycles. The first-order chi connectivity index (χ1) is 11.5. The van der Waals surface area contributed by atoms with Crippen molar-refractivity contribution in [2.24, 2.45) is 0 Å². The molecule has 2 aliphatic rings. The molecule has 0 aliphatic carbocycles. The van der Waals surface area contributed by atoms with E-state index in [1.807, 2.05) is 0 Å². The molecule has 3 rings (SSSR count). The summed E-state index contributed by atoms with van der Waals surface area (Å²) in [5, 5.41) is 2.55. The van der Waals surface area contributed by atoms with E-state index >= 15 is 0 Å². The number of nitrogens with one attached hydrogen (secondary N) is 1. The fraction of sp³-hybridized carbons (Fsp3) is 0.188. The van der Waals surface area contributed by atoms with Crippen molar-refractivity contribution in [2.45, 2.75) is 0 Å². The highest BCUT2D eigenvalue weighted by Crippen LogP contribution is 2.42.